The summed E-state index contributed by atoms with van der Waals surface area (Å²) in [6.07, 6.45) is 0.955. The molecule has 3 aromatic rings. The van der Waals surface area contributed by atoms with Crippen LogP contribution in [0.3, 0.4) is 0 Å². The van der Waals surface area contributed by atoms with Crippen LogP contribution in [-0.4, -0.2) is 12.2 Å². The zero-order valence-corrected chi connectivity index (χ0v) is 12.8. The SMILES string of the molecule is COC(=S)c1cc2cc(Cc3ccccc3)ccc2s1. The lowest BCUT2D eigenvalue weighted by atomic mass is 10.0. The van der Waals surface area contributed by atoms with Gasteiger partial charge in [-0.15, -0.1) is 11.3 Å². The average molecular weight is 298 g/mol. The molecule has 0 spiro atoms. The number of ether oxygens (including phenoxy) is 1. The van der Waals surface area contributed by atoms with Crippen molar-refractivity contribution < 1.29 is 4.74 Å². The number of thiophene rings is 1. The fourth-order valence-electron chi connectivity index (χ4n) is 2.24. The summed E-state index contributed by atoms with van der Waals surface area (Å²) in [5.74, 6) is 0. The van der Waals surface area contributed by atoms with Gasteiger partial charge in [0.2, 0.25) is 5.05 Å². The Labute approximate surface area is 127 Å². The van der Waals surface area contributed by atoms with Gasteiger partial charge in [0.1, 0.15) is 0 Å². The molecule has 0 unspecified atom stereocenters. The van der Waals surface area contributed by atoms with Gasteiger partial charge in [0, 0.05) is 4.70 Å². The van der Waals surface area contributed by atoms with Gasteiger partial charge in [-0.2, -0.15) is 0 Å². The molecule has 0 N–H and O–H groups in total. The second-order valence-electron chi connectivity index (χ2n) is 4.64. The highest BCUT2D eigenvalue weighted by Crippen LogP contribution is 2.28. The van der Waals surface area contributed by atoms with Crippen molar-refractivity contribution in [3.63, 3.8) is 0 Å². The minimum absolute atomic E-state index is 0.566. The Morgan fingerprint density at radius 1 is 1.05 bits per heavy atom. The first-order valence-corrected chi connectivity index (χ1v) is 7.63. The van der Waals surface area contributed by atoms with E-state index in [2.05, 4.69) is 48.5 Å². The first kappa shape index (κ1) is 13.3. The normalized spacial score (nSPS) is 10.7. The third kappa shape index (κ3) is 2.74. The smallest absolute Gasteiger partial charge is 0.201 e. The molecule has 20 heavy (non-hydrogen) atoms. The minimum Gasteiger partial charge on any atom is -0.486 e. The number of rotatable bonds is 3. The summed E-state index contributed by atoms with van der Waals surface area (Å²) >= 11 is 6.87. The third-order valence-electron chi connectivity index (χ3n) is 3.22. The molecule has 3 heteroatoms. The topological polar surface area (TPSA) is 9.23 Å². The Kier molecular flexibility index (Phi) is 3.81. The number of fused-ring (bicyclic) bond motifs is 1. The molecular formula is C17H14OS2. The van der Waals surface area contributed by atoms with E-state index in [4.69, 9.17) is 17.0 Å². The molecule has 1 nitrogen and oxygen atoms in total. The van der Waals surface area contributed by atoms with Crippen LogP contribution in [-0.2, 0) is 11.2 Å². The van der Waals surface area contributed by atoms with Crippen LogP contribution in [0, 0.1) is 0 Å². The third-order valence-corrected chi connectivity index (χ3v) is 4.85. The molecule has 2 aromatic carbocycles. The van der Waals surface area contributed by atoms with Crippen LogP contribution in [0.4, 0.5) is 0 Å². The highest BCUT2D eigenvalue weighted by Gasteiger charge is 2.07. The molecule has 0 aliphatic rings. The maximum atomic E-state index is 5.19. The molecule has 0 amide bonds. The maximum absolute atomic E-state index is 5.19. The van der Waals surface area contributed by atoms with Crippen LogP contribution in [0.2, 0.25) is 0 Å². The summed E-state index contributed by atoms with van der Waals surface area (Å²) < 4.78 is 6.38. The Hall–Kier alpha value is -1.71. The maximum Gasteiger partial charge on any atom is 0.201 e. The molecule has 0 bridgehead atoms. The van der Waals surface area contributed by atoms with Crippen LogP contribution >= 0.6 is 23.6 Å². The van der Waals surface area contributed by atoms with Gasteiger partial charge in [-0.25, -0.2) is 0 Å². The predicted molar refractivity (Wildman–Crippen MR) is 89.8 cm³/mol. The van der Waals surface area contributed by atoms with E-state index < -0.39 is 0 Å². The summed E-state index contributed by atoms with van der Waals surface area (Å²) in [5.41, 5.74) is 2.64. The van der Waals surface area contributed by atoms with E-state index in [-0.39, 0.29) is 0 Å². The monoisotopic (exact) mass is 298 g/mol. The number of methoxy groups -OCH3 is 1. The zero-order valence-electron chi connectivity index (χ0n) is 11.1. The summed E-state index contributed by atoms with van der Waals surface area (Å²) in [5, 5.41) is 1.80. The molecule has 0 aliphatic heterocycles. The second kappa shape index (κ2) is 5.73. The molecule has 0 atom stereocenters. The average Bonchev–Trinajstić information content (AvgIpc) is 2.90. The van der Waals surface area contributed by atoms with Gasteiger partial charge in [0.25, 0.3) is 0 Å². The zero-order chi connectivity index (χ0) is 13.9. The van der Waals surface area contributed by atoms with Crippen LogP contribution in [0.25, 0.3) is 10.1 Å². The van der Waals surface area contributed by atoms with Crippen LogP contribution in [0.1, 0.15) is 16.0 Å². The van der Waals surface area contributed by atoms with Crippen LogP contribution in [0.5, 0.6) is 0 Å². The summed E-state index contributed by atoms with van der Waals surface area (Å²) in [6, 6.07) is 19.2. The lowest BCUT2D eigenvalue weighted by molar-refractivity contribution is 0.417. The Morgan fingerprint density at radius 3 is 2.60 bits per heavy atom. The van der Waals surface area contributed by atoms with E-state index in [0.717, 1.165) is 11.3 Å². The van der Waals surface area contributed by atoms with Gasteiger partial charge in [0.05, 0.1) is 12.0 Å². The van der Waals surface area contributed by atoms with Gasteiger partial charge in [-0.3, -0.25) is 0 Å². The number of thiocarbonyl (C=S) groups is 1. The molecule has 0 saturated carbocycles. The van der Waals surface area contributed by atoms with Crippen LogP contribution < -0.4 is 0 Å². The summed E-state index contributed by atoms with van der Waals surface area (Å²) in [6.45, 7) is 0. The van der Waals surface area contributed by atoms with Crippen molar-refractivity contribution in [1.29, 1.82) is 0 Å². The quantitative estimate of drug-likeness (QED) is 0.641. The summed E-state index contributed by atoms with van der Waals surface area (Å²) in [7, 11) is 1.62. The lowest BCUT2D eigenvalue weighted by Crippen LogP contribution is -1.94. The molecule has 100 valence electrons. The molecule has 0 radical (unpaired) electrons. The van der Waals surface area contributed by atoms with Crippen molar-refractivity contribution >= 4 is 38.7 Å². The van der Waals surface area contributed by atoms with E-state index >= 15 is 0 Å². The molecule has 3 rings (SSSR count). The van der Waals surface area contributed by atoms with E-state index in [1.807, 2.05) is 6.07 Å². The molecular weight excluding hydrogens is 284 g/mol. The van der Waals surface area contributed by atoms with Gasteiger partial charge < -0.3 is 4.74 Å². The molecule has 1 heterocycles. The Bertz CT molecular complexity index is 744. The minimum atomic E-state index is 0.566. The standard InChI is InChI=1S/C17H14OS2/c1-18-17(19)16-11-14-10-13(7-8-15(14)20-16)9-12-5-3-2-4-6-12/h2-8,10-11H,9H2,1H3. The van der Waals surface area contributed by atoms with E-state index in [9.17, 15) is 0 Å². The first-order valence-electron chi connectivity index (χ1n) is 6.41. The van der Waals surface area contributed by atoms with Gasteiger partial charge in [0.15, 0.2) is 0 Å². The van der Waals surface area contributed by atoms with Gasteiger partial charge >= 0.3 is 0 Å². The largest absolute Gasteiger partial charge is 0.486 e. The number of benzene rings is 2. The van der Waals surface area contributed by atoms with E-state index in [1.165, 1.54) is 21.2 Å². The predicted octanol–water partition coefficient (Wildman–Crippen LogP) is 4.81. The van der Waals surface area contributed by atoms with Gasteiger partial charge in [-0.1, -0.05) is 36.4 Å². The van der Waals surface area contributed by atoms with Crippen molar-refractivity contribution in [1.82, 2.24) is 0 Å². The fourth-order valence-corrected chi connectivity index (χ4v) is 3.38. The molecule has 0 saturated heterocycles. The molecule has 0 fully saturated rings. The van der Waals surface area contributed by atoms with E-state index in [1.54, 1.807) is 18.4 Å². The fraction of sp³-hybridized carbons (Fsp3) is 0.118. The van der Waals surface area contributed by atoms with Crippen LogP contribution in [0.15, 0.2) is 54.6 Å². The van der Waals surface area contributed by atoms with Crippen molar-refractivity contribution in [2.45, 2.75) is 6.42 Å². The molecule has 1 aromatic heterocycles. The lowest BCUT2D eigenvalue weighted by Gasteiger charge is -2.01. The van der Waals surface area contributed by atoms with Crippen molar-refractivity contribution in [2.24, 2.45) is 0 Å². The van der Waals surface area contributed by atoms with Crippen molar-refractivity contribution in [3.05, 3.63) is 70.6 Å². The Balaban J connectivity index is 1.92. The molecule has 0 aliphatic carbocycles. The van der Waals surface area contributed by atoms with Crippen molar-refractivity contribution in [2.75, 3.05) is 7.11 Å². The number of hydrogen-bond acceptors (Lipinski definition) is 3. The number of hydrogen-bond donors (Lipinski definition) is 0. The first-order chi connectivity index (χ1) is 9.76. The summed E-state index contributed by atoms with van der Waals surface area (Å²) in [4.78, 5) is 1.02. The highest BCUT2D eigenvalue weighted by atomic mass is 32.1. The van der Waals surface area contributed by atoms with Gasteiger partial charge in [-0.05, 0) is 53.4 Å². The van der Waals surface area contributed by atoms with Crippen molar-refractivity contribution in [3.8, 4) is 0 Å². The second-order valence-corrected chi connectivity index (χ2v) is 6.09. The Morgan fingerprint density at radius 2 is 1.85 bits per heavy atom. The highest BCUT2D eigenvalue weighted by molar-refractivity contribution is 7.80. The van der Waals surface area contributed by atoms with E-state index in [0.29, 0.717) is 5.05 Å².